The van der Waals surface area contributed by atoms with E-state index in [2.05, 4.69) is 49.6 Å². The van der Waals surface area contributed by atoms with Crippen molar-refractivity contribution >= 4 is 11.5 Å². The second-order valence-corrected chi connectivity index (χ2v) is 8.12. The fourth-order valence-corrected chi connectivity index (χ4v) is 4.97. The van der Waals surface area contributed by atoms with Gasteiger partial charge in [0.2, 0.25) is 0 Å². The van der Waals surface area contributed by atoms with Gasteiger partial charge in [-0.1, -0.05) is 27.7 Å². The van der Waals surface area contributed by atoms with Crippen LogP contribution in [0.4, 0.5) is 5.69 Å². The normalized spacial score (nSPS) is 23.9. The minimum atomic E-state index is -0.217. The average molecular weight is 330 g/mol. The number of rotatable bonds is 4. The second-order valence-electron chi connectivity index (χ2n) is 8.12. The Morgan fingerprint density at radius 1 is 1.00 bits per heavy atom. The second kappa shape index (κ2) is 6.07. The Kier molecular flexibility index (Phi) is 4.37. The van der Waals surface area contributed by atoms with Crippen LogP contribution in [-0.2, 0) is 4.79 Å². The van der Waals surface area contributed by atoms with Crippen molar-refractivity contribution in [1.29, 1.82) is 0 Å². The molecule has 0 atom stereocenters. The summed E-state index contributed by atoms with van der Waals surface area (Å²) in [5, 5.41) is 0. The molecule has 0 amide bonds. The van der Waals surface area contributed by atoms with Crippen LogP contribution in [0.2, 0.25) is 0 Å². The molecule has 4 heteroatoms. The Bertz CT molecular complexity index is 581. The molecule has 1 saturated carbocycles. The van der Waals surface area contributed by atoms with Crippen LogP contribution in [0.1, 0.15) is 34.6 Å². The van der Waals surface area contributed by atoms with Gasteiger partial charge in [-0.25, -0.2) is 0 Å². The molecule has 3 rings (SSSR count). The molecule has 0 bridgehead atoms. The van der Waals surface area contributed by atoms with E-state index in [9.17, 15) is 4.79 Å². The van der Waals surface area contributed by atoms with Crippen LogP contribution in [0.25, 0.3) is 0 Å². The first-order chi connectivity index (χ1) is 11.3. The van der Waals surface area contributed by atoms with Crippen molar-refractivity contribution in [3.8, 4) is 5.75 Å². The van der Waals surface area contributed by atoms with E-state index in [1.165, 1.54) is 5.69 Å². The zero-order valence-electron chi connectivity index (χ0n) is 15.6. The third-order valence-electron chi connectivity index (χ3n) is 5.73. The molecular weight excluding hydrogens is 300 g/mol. The summed E-state index contributed by atoms with van der Waals surface area (Å²) in [6.45, 7) is 15.1. The Morgan fingerprint density at radius 2 is 1.54 bits per heavy atom. The number of anilines is 1. The van der Waals surface area contributed by atoms with Crippen molar-refractivity contribution in [3.05, 3.63) is 24.3 Å². The summed E-state index contributed by atoms with van der Waals surface area (Å²) >= 11 is 0. The maximum Gasteiger partial charge on any atom is 0.147 e. The molecule has 0 unspecified atom stereocenters. The van der Waals surface area contributed by atoms with Crippen LogP contribution in [0.15, 0.2) is 24.3 Å². The fourth-order valence-electron chi connectivity index (χ4n) is 4.97. The molecule has 0 radical (unpaired) electrons. The lowest BCUT2D eigenvalue weighted by Gasteiger charge is -2.60. The third kappa shape index (κ3) is 2.71. The first-order valence-corrected chi connectivity index (χ1v) is 9.05. The summed E-state index contributed by atoms with van der Waals surface area (Å²) in [4.78, 5) is 17.3. The van der Waals surface area contributed by atoms with E-state index in [-0.39, 0.29) is 10.8 Å². The predicted octanol–water partition coefficient (Wildman–Crippen LogP) is 3.21. The quantitative estimate of drug-likeness (QED) is 0.849. The van der Waals surface area contributed by atoms with Crippen LogP contribution in [0, 0.1) is 10.8 Å². The van der Waals surface area contributed by atoms with Crippen LogP contribution in [-0.4, -0.2) is 49.5 Å². The van der Waals surface area contributed by atoms with Crippen molar-refractivity contribution in [2.45, 2.75) is 40.7 Å². The van der Waals surface area contributed by atoms with E-state index in [1.807, 2.05) is 19.1 Å². The Labute approximate surface area is 145 Å². The molecule has 2 fully saturated rings. The number of nitrogens with zero attached hydrogens (tertiary/aromatic N) is 2. The number of hydrogen-bond acceptors (Lipinski definition) is 4. The highest BCUT2D eigenvalue weighted by Gasteiger charge is 2.63. The molecule has 1 aliphatic carbocycles. The van der Waals surface area contributed by atoms with Crippen LogP contribution in [0.5, 0.6) is 5.75 Å². The van der Waals surface area contributed by atoms with E-state index in [4.69, 9.17) is 4.74 Å². The average Bonchev–Trinajstić information content (AvgIpc) is 2.55. The van der Waals surface area contributed by atoms with E-state index in [0.717, 1.165) is 31.9 Å². The van der Waals surface area contributed by atoms with Crippen molar-refractivity contribution < 1.29 is 9.53 Å². The molecule has 0 aromatic heterocycles. The first-order valence-electron chi connectivity index (χ1n) is 9.05. The molecule has 132 valence electrons. The maximum absolute atomic E-state index is 12.4. The molecule has 0 spiro atoms. The molecule has 0 N–H and O–H groups in total. The highest BCUT2D eigenvalue weighted by molar-refractivity contribution is 5.97. The van der Waals surface area contributed by atoms with Gasteiger partial charge in [0, 0.05) is 48.7 Å². The molecule has 1 saturated heterocycles. The topological polar surface area (TPSA) is 32.8 Å². The number of carbonyl (C=O) groups excluding carboxylic acids is 1. The standard InChI is InChI=1S/C20H30N2O2/c1-6-24-16-9-7-15(8-10-16)21-11-13-22(14-12-21)17-19(2,3)18(23)20(17,4)5/h7-10,17H,6,11-14H2,1-5H3. The Hall–Kier alpha value is -1.55. The highest BCUT2D eigenvalue weighted by atomic mass is 16.5. The minimum absolute atomic E-state index is 0.217. The Balaban J connectivity index is 1.63. The van der Waals surface area contributed by atoms with Gasteiger partial charge in [0.1, 0.15) is 11.5 Å². The zero-order chi connectivity index (χ0) is 17.5. The minimum Gasteiger partial charge on any atom is -0.494 e. The van der Waals surface area contributed by atoms with Gasteiger partial charge in [-0.05, 0) is 31.2 Å². The summed E-state index contributed by atoms with van der Waals surface area (Å²) in [5.74, 6) is 1.32. The molecule has 4 nitrogen and oxygen atoms in total. The van der Waals surface area contributed by atoms with E-state index in [1.54, 1.807) is 0 Å². The molecule has 1 aromatic carbocycles. The van der Waals surface area contributed by atoms with Gasteiger partial charge in [0.25, 0.3) is 0 Å². The molecule has 1 aliphatic heterocycles. The molecular formula is C20H30N2O2. The van der Waals surface area contributed by atoms with Gasteiger partial charge in [-0.2, -0.15) is 0 Å². The SMILES string of the molecule is CCOc1ccc(N2CCN(C3C(C)(C)C(=O)C3(C)C)CC2)cc1. The summed E-state index contributed by atoms with van der Waals surface area (Å²) in [5.41, 5.74) is 0.816. The van der Waals surface area contributed by atoms with Gasteiger partial charge in [0.05, 0.1) is 6.61 Å². The number of piperazine rings is 1. The van der Waals surface area contributed by atoms with E-state index < -0.39 is 0 Å². The molecule has 2 aliphatic rings. The highest BCUT2D eigenvalue weighted by Crippen LogP contribution is 2.53. The first kappa shape index (κ1) is 17.3. The van der Waals surface area contributed by atoms with Gasteiger partial charge < -0.3 is 9.64 Å². The lowest BCUT2D eigenvalue weighted by atomic mass is 9.50. The summed E-state index contributed by atoms with van der Waals surface area (Å²) in [7, 11) is 0. The van der Waals surface area contributed by atoms with Crippen LogP contribution < -0.4 is 9.64 Å². The fraction of sp³-hybridized carbons (Fsp3) is 0.650. The number of ketones is 1. The van der Waals surface area contributed by atoms with Gasteiger partial charge >= 0.3 is 0 Å². The number of ether oxygens (including phenoxy) is 1. The van der Waals surface area contributed by atoms with E-state index in [0.29, 0.717) is 18.4 Å². The third-order valence-corrected chi connectivity index (χ3v) is 5.73. The lowest BCUT2D eigenvalue weighted by molar-refractivity contribution is -0.170. The van der Waals surface area contributed by atoms with Gasteiger partial charge in [-0.3, -0.25) is 9.69 Å². The van der Waals surface area contributed by atoms with Crippen LogP contribution in [0.3, 0.4) is 0 Å². The zero-order valence-corrected chi connectivity index (χ0v) is 15.6. The number of hydrogen-bond donors (Lipinski definition) is 0. The summed E-state index contributed by atoms with van der Waals surface area (Å²) < 4.78 is 5.52. The largest absolute Gasteiger partial charge is 0.494 e. The summed E-state index contributed by atoms with van der Waals surface area (Å²) in [6.07, 6.45) is 0. The Morgan fingerprint density at radius 3 is 2.04 bits per heavy atom. The van der Waals surface area contributed by atoms with E-state index >= 15 is 0 Å². The van der Waals surface area contributed by atoms with Crippen molar-refractivity contribution in [1.82, 2.24) is 4.90 Å². The lowest BCUT2D eigenvalue weighted by Crippen LogP contribution is -2.72. The van der Waals surface area contributed by atoms with Crippen molar-refractivity contribution in [2.75, 3.05) is 37.7 Å². The van der Waals surface area contributed by atoms with Crippen molar-refractivity contribution in [3.63, 3.8) is 0 Å². The number of carbonyl (C=O) groups is 1. The number of Topliss-reactive ketones (excluding diaryl/α,β-unsaturated/α-hetero) is 1. The molecule has 1 aromatic rings. The predicted molar refractivity (Wildman–Crippen MR) is 97.8 cm³/mol. The summed E-state index contributed by atoms with van der Waals surface area (Å²) in [6, 6.07) is 8.72. The van der Waals surface area contributed by atoms with Gasteiger partial charge in [0.15, 0.2) is 0 Å². The number of benzene rings is 1. The molecule has 24 heavy (non-hydrogen) atoms. The van der Waals surface area contributed by atoms with Gasteiger partial charge in [-0.15, -0.1) is 0 Å². The molecule has 1 heterocycles. The maximum atomic E-state index is 12.4. The monoisotopic (exact) mass is 330 g/mol. The smallest absolute Gasteiger partial charge is 0.147 e. The van der Waals surface area contributed by atoms with Crippen molar-refractivity contribution in [2.24, 2.45) is 10.8 Å². The van der Waals surface area contributed by atoms with Crippen LogP contribution >= 0.6 is 0 Å².